The molecule has 0 spiro atoms. The van der Waals surface area contributed by atoms with Gasteiger partial charge in [0.1, 0.15) is 0 Å². The first-order chi connectivity index (χ1) is 7.62. The Hall–Kier alpha value is 0.200. The van der Waals surface area contributed by atoms with Crippen LogP contribution in [0.5, 0.6) is 0 Å². The molecular formula is C4F8IO4S-. The molecule has 0 saturated carbocycles. The summed E-state index contributed by atoms with van der Waals surface area (Å²) in [5.74, 6) is 0. The minimum Gasteiger partial charge on any atom is -0.750 e. The molecule has 110 valence electrons. The van der Waals surface area contributed by atoms with Crippen LogP contribution >= 0.6 is 22.6 Å². The van der Waals surface area contributed by atoms with Crippen LogP contribution < -0.4 is 0 Å². The van der Waals surface area contributed by atoms with E-state index in [9.17, 15) is 43.9 Å². The number of hydrogen-bond acceptors (Lipinski definition) is 4. The fraction of sp³-hybridized carbons (Fsp3) is 1.00. The van der Waals surface area contributed by atoms with Crippen molar-refractivity contribution in [3.05, 3.63) is 0 Å². The summed E-state index contributed by atoms with van der Waals surface area (Å²) < 4.78 is 116. The van der Waals surface area contributed by atoms with Gasteiger partial charge in [-0.15, -0.1) is 0 Å². The van der Waals surface area contributed by atoms with Gasteiger partial charge in [0.2, 0.25) is 0 Å². The standard InChI is InChI=1S/C4HF8IO4S/c5-1(6,13)2(7,8)16-3(9,10)4(11,12)17-18(14)15/h(H,14,15)/p-1. The molecule has 4 nitrogen and oxygen atoms in total. The lowest BCUT2D eigenvalue weighted by Crippen LogP contribution is -2.52. The normalized spacial score (nSPS) is 16.8. The maximum Gasteiger partial charge on any atom is 0.460 e. The van der Waals surface area contributed by atoms with Crippen LogP contribution in [0.4, 0.5) is 35.1 Å². The van der Waals surface area contributed by atoms with Gasteiger partial charge in [0.15, 0.2) is 0 Å². The molecule has 1 atom stereocenters. The van der Waals surface area contributed by atoms with Crippen LogP contribution in [0.25, 0.3) is 0 Å². The molecule has 0 aromatic rings. The Morgan fingerprint density at radius 1 is 0.889 bits per heavy atom. The van der Waals surface area contributed by atoms with E-state index in [2.05, 4.69) is 4.18 Å². The van der Waals surface area contributed by atoms with Crippen molar-refractivity contribution in [1.29, 1.82) is 0 Å². The van der Waals surface area contributed by atoms with Crippen LogP contribution in [0, 0.1) is 0 Å². The minimum atomic E-state index is -6.31. The second-order valence-corrected chi connectivity index (χ2v) is 4.37. The average Bonchev–Trinajstić information content (AvgIpc) is 1.95. The van der Waals surface area contributed by atoms with Gasteiger partial charge >= 0.3 is 22.3 Å². The molecule has 0 amide bonds. The van der Waals surface area contributed by atoms with E-state index in [0.29, 0.717) is 0 Å². The van der Waals surface area contributed by atoms with E-state index in [1.807, 2.05) is 4.74 Å². The van der Waals surface area contributed by atoms with Gasteiger partial charge in [0.05, 0.1) is 11.4 Å². The van der Waals surface area contributed by atoms with Crippen molar-refractivity contribution in [3.63, 3.8) is 0 Å². The second kappa shape index (κ2) is 5.29. The molecule has 18 heavy (non-hydrogen) atoms. The summed E-state index contributed by atoms with van der Waals surface area (Å²) in [7, 11) is 0. The number of ether oxygens (including phenoxy) is 1. The SMILES string of the molecule is O=S([O-])OC(F)(F)C(F)(F)OC(F)(F)C(F)(F)I. The summed E-state index contributed by atoms with van der Waals surface area (Å²) in [5.41, 5.74) is 0. The van der Waals surface area contributed by atoms with Crippen molar-refractivity contribution in [2.45, 2.75) is 22.3 Å². The van der Waals surface area contributed by atoms with Gasteiger partial charge < -0.3 is 4.55 Å². The Morgan fingerprint density at radius 3 is 1.56 bits per heavy atom. The van der Waals surface area contributed by atoms with Gasteiger partial charge in [0, 0.05) is 22.6 Å². The second-order valence-electron chi connectivity index (χ2n) is 2.44. The summed E-state index contributed by atoms with van der Waals surface area (Å²) in [5, 5.41) is 0. The van der Waals surface area contributed by atoms with Crippen LogP contribution in [0.15, 0.2) is 0 Å². The van der Waals surface area contributed by atoms with E-state index >= 15 is 0 Å². The van der Waals surface area contributed by atoms with Gasteiger partial charge in [-0.1, -0.05) is 0 Å². The van der Waals surface area contributed by atoms with Crippen LogP contribution in [0.1, 0.15) is 0 Å². The van der Waals surface area contributed by atoms with Crippen LogP contribution in [-0.2, 0) is 20.3 Å². The molecule has 0 N–H and O–H groups in total. The smallest absolute Gasteiger partial charge is 0.460 e. The summed E-state index contributed by atoms with van der Waals surface area (Å²) in [4.78, 5) is 0. The molecule has 0 aromatic heterocycles. The highest BCUT2D eigenvalue weighted by molar-refractivity contribution is 14.1. The molecule has 0 aliphatic carbocycles. The molecule has 0 fully saturated rings. The van der Waals surface area contributed by atoms with Crippen molar-refractivity contribution < 1.29 is 52.8 Å². The van der Waals surface area contributed by atoms with Crippen LogP contribution in [0.2, 0.25) is 0 Å². The lowest BCUT2D eigenvalue weighted by Gasteiger charge is -2.30. The van der Waals surface area contributed by atoms with E-state index < -0.39 is 33.6 Å². The molecule has 0 heterocycles. The third kappa shape index (κ3) is 4.39. The van der Waals surface area contributed by atoms with Gasteiger partial charge in [-0.25, -0.2) is 13.1 Å². The molecular weight excluding hydrogens is 423 g/mol. The maximum atomic E-state index is 12.4. The fourth-order valence-electron chi connectivity index (χ4n) is 0.412. The van der Waals surface area contributed by atoms with Crippen molar-refractivity contribution in [2.24, 2.45) is 0 Å². The van der Waals surface area contributed by atoms with Gasteiger partial charge in [-0.2, -0.15) is 35.1 Å². The number of hydrogen-bond donors (Lipinski definition) is 0. The average molecular weight is 423 g/mol. The van der Waals surface area contributed by atoms with Crippen molar-refractivity contribution in [1.82, 2.24) is 0 Å². The third-order valence-electron chi connectivity index (χ3n) is 1.10. The highest BCUT2D eigenvalue weighted by Gasteiger charge is 2.69. The minimum absolute atomic E-state index is 0.336. The number of alkyl halides is 9. The Kier molecular flexibility index (Phi) is 5.35. The van der Waals surface area contributed by atoms with Gasteiger partial charge in [-0.05, 0) is 0 Å². The quantitative estimate of drug-likeness (QED) is 0.286. The van der Waals surface area contributed by atoms with Gasteiger partial charge in [0.25, 0.3) is 0 Å². The highest BCUT2D eigenvalue weighted by Crippen LogP contribution is 2.47. The van der Waals surface area contributed by atoms with Gasteiger partial charge in [-0.3, -0.25) is 0 Å². The number of halogens is 9. The van der Waals surface area contributed by atoms with Crippen molar-refractivity contribution in [3.8, 4) is 0 Å². The van der Waals surface area contributed by atoms with Crippen molar-refractivity contribution >= 4 is 34.0 Å². The Labute approximate surface area is 109 Å². The monoisotopic (exact) mass is 423 g/mol. The molecule has 0 aliphatic rings. The summed E-state index contributed by atoms with van der Waals surface area (Å²) in [6.45, 7) is 0. The zero-order chi connectivity index (χ0) is 15.0. The highest BCUT2D eigenvalue weighted by atomic mass is 127. The van der Waals surface area contributed by atoms with E-state index in [-0.39, 0.29) is 22.6 Å². The number of rotatable bonds is 6. The zero-order valence-electron chi connectivity index (χ0n) is 7.44. The van der Waals surface area contributed by atoms with E-state index in [0.717, 1.165) is 0 Å². The first-order valence-corrected chi connectivity index (χ1v) is 5.39. The van der Waals surface area contributed by atoms with Crippen LogP contribution in [-0.4, -0.2) is 31.0 Å². The largest absolute Gasteiger partial charge is 0.750 e. The first-order valence-electron chi connectivity index (χ1n) is 3.31. The fourth-order valence-corrected chi connectivity index (χ4v) is 0.790. The topological polar surface area (TPSA) is 58.6 Å². The van der Waals surface area contributed by atoms with Crippen molar-refractivity contribution in [2.75, 3.05) is 0 Å². The molecule has 0 aromatic carbocycles. The lowest BCUT2D eigenvalue weighted by atomic mass is 10.5. The summed E-state index contributed by atoms with van der Waals surface area (Å²) in [6.07, 6.45) is -18.4. The van der Waals surface area contributed by atoms with Crippen LogP contribution in [0.3, 0.4) is 0 Å². The predicted molar refractivity (Wildman–Crippen MR) is 44.9 cm³/mol. The maximum absolute atomic E-state index is 12.4. The Balaban J connectivity index is 5.12. The first kappa shape index (κ1) is 18.2. The summed E-state index contributed by atoms with van der Waals surface area (Å²) >= 11 is -4.56. The molecule has 0 radical (unpaired) electrons. The predicted octanol–water partition coefficient (Wildman–Crippen LogP) is 2.62. The van der Waals surface area contributed by atoms with E-state index in [1.54, 1.807) is 0 Å². The van der Waals surface area contributed by atoms with E-state index in [4.69, 9.17) is 0 Å². The molecule has 0 rings (SSSR count). The molecule has 1 unspecified atom stereocenters. The Morgan fingerprint density at radius 2 is 1.28 bits per heavy atom. The Bertz CT molecular complexity index is 330. The molecule has 0 bridgehead atoms. The van der Waals surface area contributed by atoms with E-state index in [1.165, 1.54) is 0 Å². The molecule has 14 heteroatoms. The lowest BCUT2D eigenvalue weighted by molar-refractivity contribution is -0.481. The molecule has 0 aliphatic heterocycles. The summed E-state index contributed by atoms with van der Waals surface area (Å²) in [6, 6.07) is 0. The molecule has 0 saturated heterocycles. The zero-order valence-corrected chi connectivity index (χ0v) is 10.4. The third-order valence-corrected chi connectivity index (χ3v) is 2.07.